The average molecular weight is 216 g/mol. The minimum absolute atomic E-state index is 0.308. The van der Waals surface area contributed by atoms with Crippen LogP contribution in [0.25, 0.3) is 11.1 Å². The Morgan fingerprint density at radius 3 is 2.57 bits per heavy atom. The molecule has 74 valence electrons. The van der Waals surface area contributed by atoms with Crippen LogP contribution in [-0.2, 0) is 6.18 Å². The van der Waals surface area contributed by atoms with Crippen molar-refractivity contribution in [3.63, 3.8) is 0 Å². The lowest BCUT2D eigenvalue weighted by Crippen LogP contribution is -2.03. The van der Waals surface area contributed by atoms with Gasteiger partial charge >= 0.3 is 6.18 Å². The molecule has 0 aromatic heterocycles. The number of hydrogen-bond acceptors (Lipinski definition) is 1. The van der Waals surface area contributed by atoms with E-state index in [1.807, 2.05) is 0 Å². The smallest absolute Gasteiger partial charge is 0.166 e. The third-order valence-electron chi connectivity index (χ3n) is 2.17. The zero-order chi connectivity index (χ0) is 10.3. The van der Waals surface area contributed by atoms with Crippen LogP contribution >= 0.6 is 11.3 Å². The van der Waals surface area contributed by atoms with Crippen molar-refractivity contribution in [3.8, 4) is 11.1 Å². The van der Waals surface area contributed by atoms with Crippen molar-refractivity contribution in [2.75, 3.05) is 0 Å². The first kappa shape index (κ1) is 9.52. The highest BCUT2D eigenvalue weighted by Gasteiger charge is 2.35. The van der Waals surface area contributed by atoms with E-state index in [9.17, 15) is 13.2 Å². The maximum absolute atomic E-state index is 12.5. The predicted molar refractivity (Wildman–Crippen MR) is 50.7 cm³/mol. The lowest BCUT2D eigenvalue weighted by atomic mass is 10.1. The number of aryl methyl sites for hydroxylation is 1. The van der Waals surface area contributed by atoms with Crippen LogP contribution in [0.3, 0.4) is 0 Å². The molecule has 1 aliphatic carbocycles. The summed E-state index contributed by atoms with van der Waals surface area (Å²) in [7, 11) is 0. The fraction of sp³-hybridized carbons (Fsp3) is 0.200. The summed E-state index contributed by atoms with van der Waals surface area (Å²) in [5.41, 5.74) is 1.15. The van der Waals surface area contributed by atoms with Gasteiger partial charge in [-0.2, -0.15) is 24.5 Å². The molecule has 0 radical (unpaired) electrons. The maximum atomic E-state index is 12.5. The molecular formula is C10H7F3S. The van der Waals surface area contributed by atoms with E-state index in [1.165, 1.54) is 17.4 Å². The van der Waals surface area contributed by atoms with Crippen LogP contribution in [0.1, 0.15) is 11.1 Å². The van der Waals surface area contributed by atoms with Crippen molar-refractivity contribution in [2.45, 2.75) is 13.1 Å². The molecule has 0 atom stereocenters. The van der Waals surface area contributed by atoms with Gasteiger partial charge in [-0.1, -0.05) is 0 Å². The zero-order valence-electron chi connectivity index (χ0n) is 7.35. The van der Waals surface area contributed by atoms with Crippen LogP contribution in [0.2, 0.25) is 0 Å². The van der Waals surface area contributed by atoms with Gasteiger partial charge in [-0.25, -0.2) is 0 Å². The minimum Gasteiger partial charge on any atom is -0.166 e. The average Bonchev–Trinajstić information content (AvgIpc) is 2.44. The molecule has 0 saturated carbocycles. The molecule has 1 aliphatic heterocycles. The van der Waals surface area contributed by atoms with Crippen LogP contribution < -0.4 is 0 Å². The van der Waals surface area contributed by atoms with E-state index in [-0.39, 0.29) is 0 Å². The first-order valence-corrected chi connectivity index (χ1v) is 4.97. The second kappa shape index (κ2) is 2.98. The summed E-state index contributed by atoms with van der Waals surface area (Å²) in [4.78, 5) is 0. The van der Waals surface area contributed by atoms with Crippen LogP contribution in [0.4, 0.5) is 13.2 Å². The SMILES string of the molecule is Cc1cc(C(F)(F)F)c2csccc1-2. The molecule has 0 bridgehead atoms. The third-order valence-corrected chi connectivity index (χ3v) is 2.84. The van der Waals surface area contributed by atoms with E-state index in [4.69, 9.17) is 0 Å². The Hall–Kier alpha value is -1.03. The Morgan fingerprint density at radius 2 is 1.93 bits per heavy atom. The van der Waals surface area contributed by atoms with Gasteiger partial charge in [0.25, 0.3) is 0 Å². The number of alkyl halides is 3. The molecule has 0 unspecified atom stereocenters. The summed E-state index contributed by atoms with van der Waals surface area (Å²) >= 11 is 1.28. The lowest BCUT2D eigenvalue weighted by molar-refractivity contribution is -0.136. The van der Waals surface area contributed by atoms with Crippen LogP contribution in [-0.4, -0.2) is 0 Å². The van der Waals surface area contributed by atoms with Crippen molar-refractivity contribution in [3.05, 3.63) is 34.0 Å². The third kappa shape index (κ3) is 1.39. The van der Waals surface area contributed by atoms with E-state index in [2.05, 4.69) is 0 Å². The Kier molecular flexibility index (Phi) is 2.03. The zero-order valence-corrected chi connectivity index (χ0v) is 8.17. The molecule has 0 aromatic rings. The minimum atomic E-state index is -4.25. The Labute approximate surface area is 83.3 Å². The second-order valence-electron chi connectivity index (χ2n) is 3.12. The van der Waals surface area contributed by atoms with Gasteiger partial charge < -0.3 is 0 Å². The van der Waals surface area contributed by atoms with Crippen LogP contribution in [0, 0.1) is 6.92 Å². The van der Waals surface area contributed by atoms with E-state index in [1.54, 1.807) is 23.8 Å². The van der Waals surface area contributed by atoms with Crippen molar-refractivity contribution in [1.29, 1.82) is 0 Å². The van der Waals surface area contributed by atoms with Gasteiger partial charge in [-0.05, 0) is 40.9 Å². The van der Waals surface area contributed by atoms with Gasteiger partial charge in [0.1, 0.15) is 0 Å². The van der Waals surface area contributed by atoms with Gasteiger partial charge in [0.15, 0.2) is 0 Å². The molecule has 4 heteroatoms. The summed E-state index contributed by atoms with van der Waals surface area (Å²) < 4.78 is 37.6. The topological polar surface area (TPSA) is 0 Å². The van der Waals surface area contributed by atoms with Gasteiger partial charge in [-0.15, -0.1) is 0 Å². The fourth-order valence-electron chi connectivity index (χ4n) is 1.53. The van der Waals surface area contributed by atoms with E-state index in [0.29, 0.717) is 16.7 Å². The highest BCUT2D eigenvalue weighted by atomic mass is 32.1. The molecule has 0 spiro atoms. The normalized spacial score (nSPS) is 12.3. The second-order valence-corrected chi connectivity index (χ2v) is 3.90. The highest BCUT2D eigenvalue weighted by molar-refractivity contribution is 7.07. The molecule has 0 fully saturated rings. The lowest BCUT2D eigenvalue weighted by Gasteiger charge is -2.06. The predicted octanol–water partition coefficient (Wildman–Crippen LogP) is 4.18. The molecule has 2 aliphatic rings. The van der Waals surface area contributed by atoms with Crippen molar-refractivity contribution >= 4 is 11.3 Å². The van der Waals surface area contributed by atoms with Crippen molar-refractivity contribution in [2.24, 2.45) is 0 Å². The van der Waals surface area contributed by atoms with Gasteiger partial charge in [0.2, 0.25) is 0 Å². The fourth-order valence-corrected chi connectivity index (χ4v) is 2.21. The first-order chi connectivity index (χ1) is 6.50. The standard InChI is InChI=1S/C10H7F3S/c1-6-4-9(10(11,12)13)8-5-14-3-2-7(6)8/h2-5H,1H3. The number of rotatable bonds is 0. The summed E-state index contributed by atoms with van der Waals surface area (Å²) in [5, 5.41) is 3.33. The van der Waals surface area contributed by atoms with Gasteiger partial charge in [-0.3, -0.25) is 0 Å². The molecule has 0 nitrogen and oxygen atoms in total. The number of hydrogen-bond donors (Lipinski definition) is 0. The summed E-state index contributed by atoms with van der Waals surface area (Å²) in [6.07, 6.45) is -4.25. The highest BCUT2D eigenvalue weighted by Crippen LogP contribution is 2.42. The van der Waals surface area contributed by atoms with Gasteiger partial charge in [0, 0.05) is 5.56 Å². The molecule has 0 saturated heterocycles. The molecule has 0 aromatic carbocycles. The molecule has 0 N–H and O–H groups in total. The monoisotopic (exact) mass is 216 g/mol. The molecule has 2 rings (SSSR count). The molecular weight excluding hydrogens is 209 g/mol. The van der Waals surface area contributed by atoms with Gasteiger partial charge in [0.05, 0.1) is 5.56 Å². The summed E-state index contributed by atoms with van der Waals surface area (Å²) in [6, 6.07) is 2.93. The molecule has 1 heterocycles. The van der Waals surface area contributed by atoms with Crippen molar-refractivity contribution < 1.29 is 13.2 Å². The van der Waals surface area contributed by atoms with Crippen molar-refractivity contribution in [1.82, 2.24) is 0 Å². The maximum Gasteiger partial charge on any atom is 0.417 e. The largest absolute Gasteiger partial charge is 0.417 e. The Morgan fingerprint density at radius 1 is 1.21 bits per heavy atom. The summed E-state index contributed by atoms with van der Waals surface area (Å²) in [5.74, 6) is 0. The number of halogens is 3. The quantitative estimate of drug-likeness (QED) is 0.619. The molecule has 0 amide bonds. The van der Waals surface area contributed by atoms with E-state index < -0.39 is 11.7 Å². The Balaban J connectivity index is 2.70. The first-order valence-electron chi connectivity index (χ1n) is 4.03. The van der Waals surface area contributed by atoms with Crippen LogP contribution in [0.15, 0.2) is 22.9 Å². The van der Waals surface area contributed by atoms with E-state index >= 15 is 0 Å². The van der Waals surface area contributed by atoms with E-state index in [0.717, 1.165) is 0 Å². The molecule has 14 heavy (non-hydrogen) atoms. The number of fused-ring (bicyclic) bond motifs is 1. The Bertz CT molecular complexity index is 428. The van der Waals surface area contributed by atoms with Crippen LogP contribution in [0.5, 0.6) is 0 Å². The summed E-state index contributed by atoms with van der Waals surface area (Å²) in [6.45, 7) is 1.70.